The average Bonchev–Trinajstić information content (AvgIpc) is 3.01. The number of fused-ring (bicyclic) bond motifs is 1. The third kappa shape index (κ3) is 2.45. The normalized spacial score (nSPS) is 16.6. The number of hydrogen-bond donors (Lipinski definition) is 1. The molecule has 1 aliphatic rings. The van der Waals surface area contributed by atoms with E-state index >= 15 is 0 Å². The highest BCUT2D eigenvalue weighted by Crippen LogP contribution is 2.38. The molecule has 0 bridgehead atoms. The van der Waals surface area contributed by atoms with Crippen LogP contribution in [0.1, 0.15) is 23.6 Å². The molecular weight excluding hydrogens is 331 g/mol. The van der Waals surface area contributed by atoms with E-state index in [1.165, 1.54) is 12.1 Å². The number of benzene rings is 1. The predicted molar refractivity (Wildman–Crippen MR) is 87.9 cm³/mol. The van der Waals surface area contributed by atoms with Crippen molar-refractivity contribution < 1.29 is 9.18 Å². The fraction of sp³-hybridized carbons (Fsp3) is 0.118. The Morgan fingerprint density at radius 1 is 1.33 bits per heavy atom. The highest BCUT2D eigenvalue weighted by Gasteiger charge is 2.32. The lowest BCUT2D eigenvalue weighted by atomic mass is 9.89. The molecule has 0 fully saturated rings. The zero-order valence-corrected chi connectivity index (χ0v) is 13.2. The SMILES string of the molecule is O=C1CC(c2cc(Cl)ccc2F)c2ncn(-c3cccnc3)c2N1. The summed E-state index contributed by atoms with van der Waals surface area (Å²) in [6.45, 7) is 0. The summed E-state index contributed by atoms with van der Waals surface area (Å²) in [6.07, 6.45) is 5.05. The standard InChI is InChI=1S/C17H12ClFN4O/c18-10-3-4-14(19)12(6-10)13-7-15(24)22-17-16(13)21-9-23(17)11-2-1-5-20-8-11/h1-6,8-9,13H,7H2,(H,22,24). The number of amides is 1. The third-order valence-corrected chi connectivity index (χ3v) is 4.27. The Balaban J connectivity index is 1.86. The number of halogens is 2. The number of nitrogens with one attached hydrogen (secondary N) is 1. The van der Waals surface area contributed by atoms with E-state index in [1.54, 1.807) is 35.4 Å². The first kappa shape index (κ1) is 14.8. The number of carbonyl (C=O) groups excluding carboxylic acids is 1. The molecule has 120 valence electrons. The second kappa shape index (κ2) is 5.72. The zero-order valence-electron chi connectivity index (χ0n) is 12.4. The molecule has 3 aromatic rings. The van der Waals surface area contributed by atoms with Crippen LogP contribution in [0.3, 0.4) is 0 Å². The third-order valence-electron chi connectivity index (χ3n) is 4.03. The van der Waals surface area contributed by atoms with Crippen LogP contribution >= 0.6 is 11.6 Å². The van der Waals surface area contributed by atoms with Gasteiger partial charge in [-0.25, -0.2) is 9.37 Å². The molecule has 5 nitrogen and oxygen atoms in total. The van der Waals surface area contributed by atoms with Crippen molar-refractivity contribution >= 4 is 23.3 Å². The maximum absolute atomic E-state index is 14.3. The molecule has 2 aromatic heterocycles. The van der Waals surface area contributed by atoms with Crippen LogP contribution in [0.15, 0.2) is 49.1 Å². The van der Waals surface area contributed by atoms with Crippen LogP contribution in [0, 0.1) is 5.82 Å². The molecule has 7 heteroatoms. The lowest BCUT2D eigenvalue weighted by Gasteiger charge is -2.23. The molecule has 24 heavy (non-hydrogen) atoms. The molecule has 0 saturated carbocycles. The number of aromatic nitrogens is 3. The van der Waals surface area contributed by atoms with E-state index in [-0.39, 0.29) is 12.3 Å². The molecular formula is C17H12ClFN4O. The highest BCUT2D eigenvalue weighted by atomic mass is 35.5. The summed E-state index contributed by atoms with van der Waals surface area (Å²) >= 11 is 6.00. The predicted octanol–water partition coefficient (Wildman–Crippen LogP) is 3.53. The number of imidazole rings is 1. The van der Waals surface area contributed by atoms with Crippen molar-refractivity contribution in [3.63, 3.8) is 0 Å². The van der Waals surface area contributed by atoms with Crippen molar-refractivity contribution in [2.24, 2.45) is 0 Å². The monoisotopic (exact) mass is 342 g/mol. The Kier molecular flexibility index (Phi) is 3.54. The molecule has 1 aromatic carbocycles. The van der Waals surface area contributed by atoms with E-state index in [4.69, 9.17) is 11.6 Å². The van der Waals surface area contributed by atoms with Crippen LogP contribution < -0.4 is 5.32 Å². The molecule has 1 aliphatic heterocycles. The molecule has 4 rings (SSSR count). The summed E-state index contributed by atoms with van der Waals surface area (Å²) in [5, 5.41) is 3.24. The van der Waals surface area contributed by atoms with Gasteiger partial charge >= 0.3 is 0 Å². The van der Waals surface area contributed by atoms with Gasteiger partial charge in [-0.1, -0.05) is 11.6 Å². The second-order valence-electron chi connectivity index (χ2n) is 5.53. The van der Waals surface area contributed by atoms with Gasteiger partial charge in [0.25, 0.3) is 0 Å². The van der Waals surface area contributed by atoms with Crippen molar-refractivity contribution in [1.82, 2.24) is 14.5 Å². The maximum atomic E-state index is 14.3. The topological polar surface area (TPSA) is 59.8 Å². The Labute approximate surface area is 142 Å². The molecule has 1 atom stereocenters. The summed E-state index contributed by atoms with van der Waals surface area (Å²) < 4.78 is 16.0. The highest BCUT2D eigenvalue weighted by molar-refractivity contribution is 6.30. The minimum absolute atomic E-state index is 0.119. The Bertz CT molecular complexity index is 926. The average molecular weight is 343 g/mol. The van der Waals surface area contributed by atoms with Gasteiger partial charge in [0.1, 0.15) is 18.0 Å². The van der Waals surface area contributed by atoms with Gasteiger partial charge < -0.3 is 5.32 Å². The van der Waals surface area contributed by atoms with Crippen LogP contribution in [0.25, 0.3) is 5.69 Å². The van der Waals surface area contributed by atoms with Gasteiger partial charge in [0, 0.05) is 23.6 Å². The number of carbonyl (C=O) groups is 1. The molecule has 3 heterocycles. The van der Waals surface area contributed by atoms with Crippen LogP contribution in [0.2, 0.25) is 5.02 Å². The summed E-state index contributed by atoms with van der Waals surface area (Å²) in [5.41, 5.74) is 1.74. The fourth-order valence-corrected chi connectivity index (χ4v) is 3.12. The first-order valence-corrected chi connectivity index (χ1v) is 7.73. The van der Waals surface area contributed by atoms with E-state index in [0.29, 0.717) is 22.1 Å². The lowest BCUT2D eigenvalue weighted by molar-refractivity contribution is -0.116. The van der Waals surface area contributed by atoms with E-state index in [1.807, 2.05) is 6.07 Å². The van der Waals surface area contributed by atoms with Gasteiger partial charge in [-0.05, 0) is 35.9 Å². The van der Waals surface area contributed by atoms with Crippen molar-refractivity contribution in [3.05, 3.63) is 71.2 Å². The van der Waals surface area contributed by atoms with Crippen molar-refractivity contribution in [3.8, 4) is 5.69 Å². The van der Waals surface area contributed by atoms with Crippen molar-refractivity contribution in [2.45, 2.75) is 12.3 Å². The van der Waals surface area contributed by atoms with Crippen molar-refractivity contribution in [2.75, 3.05) is 5.32 Å². The van der Waals surface area contributed by atoms with Gasteiger partial charge in [-0.15, -0.1) is 0 Å². The quantitative estimate of drug-likeness (QED) is 0.775. The summed E-state index contributed by atoms with van der Waals surface area (Å²) in [4.78, 5) is 20.6. The van der Waals surface area contributed by atoms with E-state index < -0.39 is 11.7 Å². The van der Waals surface area contributed by atoms with Gasteiger partial charge in [-0.2, -0.15) is 0 Å². The Morgan fingerprint density at radius 2 is 2.21 bits per heavy atom. The van der Waals surface area contributed by atoms with Gasteiger partial charge in [0.15, 0.2) is 0 Å². The number of rotatable bonds is 2. The second-order valence-corrected chi connectivity index (χ2v) is 5.97. The molecule has 1 amide bonds. The molecule has 1 unspecified atom stereocenters. The van der Waals surface area contributed by atoms with E-state index in [0.717, 1.165) is 5.69 Å². The summed E-state index contributed by atoms with van der Waals surface area (Å²) in [6, 6.07) is 7.98. The van der Waals surface area contributed by atoms with Crippen LogP contribution in [-0.4, -0.2) is 20.4 Å². The summed E-state index contributed by atoms with van der Waals surface area (Å²) in [7, 11) is 0. The first-order valence-electron chi connectivity index (χ1n) is 7.36. The number of hydrogen-bond acceptors (Lipinski definition) is 3. The Hall–Kier alpha value is -2.73. The maximum Gasteiger partial charge on any atom is 0.226 e. The fourth-order valence-electron chi connectivity index (χ4n) is 2.94. The van der Waals surface area contributed by atoms with Gasteiger partial charge in [0.05, 0.1) is 17.6 Å². The molecule has 0 radical (unpaired) electrons. The number of nitrogens with zero attached hydrogens (tertiary/aromatic N) is 3. The molecule has 0 saturated heterocycles. The zero-order chi connectivity index (χ0) is 16.7. The number of pyridine rings is 1. The van der Waals surface area contributed by atoms with Crippen LogP contribution in [-0.2, 0) is 4.79 Å². The first-order chi connectivity index (χ1) is 11.6. The minimum Gasteiger partial charge on any atom is -0.310 e. The summed E-state index contributed by atoms with van der Waals surface area (Å²) in [5.74, 6) is -0.549. The van der Waals surface area contributed by atoms with Gasteiger partial charge in [0.2, 0.25) is 5.91 Å². The Morgan fingerprint density at radius 3 is 3.00 bits per heavy atom. The van der Waals surface area contributed by atoms with Gasteiger partial charge in [-0.3, -0.25) is 14.3 Å². The molecule has 0 aliphatic carbocycles. The van der Waals surface area contributed by atoms with Crippen LogP contribution in [0.4, 0.5) is 10.2 Å². The van der Waals surface area contributed by atoms with E-state index in [9.17, 15) is 9.18 Å². The number of anilines is 1. The smallest absolute Gasteiger partial charge is 0.226 e. The van der Waals surface area contributed by atoms with Crippen LogP contribution in [0.5, 0.6) is 0 Å². The van der Waals surface area contributed by atoms with Crippen molar-refractivity contribution in [1.29, 1.82) is 0 Å². The van der Waals surface area contributed by atoms with E-state index in [2.05, 4.69) is 15.3 Å². The largest absolute Gasteiger partial charge is 0.310 e. The molecule has 1 N–H and O–H groups in total. The lowest BCUT2D eigenvalue weighted by Crippen LogP contribution is -2.25. The molecule has 0 spiro atoms. The minimum atomic E-state index is -0.481.